The molecular formula is C90H113Cl2F3N18O4. The van der Waals surface area contributed by atoms with Gasteiger partial charge in [-0.3, -0.25) is 14.4 Å². The van der Waals surface area contributed by atoms with Gasteiger partial charge < -0.3 is 68.1 Å². The van der Waals surface area contributed by atoms with E-state index < -0.39 is 17.5 Å². The molecule has 2 saturated heterocycles. The van der Waals surface area contributed by atoms with E-state index in [0.29, 0.717) is 5.95 Å². The van der Waals surface area contributed by atoms with E-state index in [1.54, 1.807) is 7.11 Å². The smallest absolute Gasteiger partial charge is 0.229 e. The summed E-state index contributed by atoms with van der Waals surface area (Å²) in [6, 6.07) is 19.0. The molecule has 11 N–H and O–H groups in total. The molecule has 5 heterocycles. The van der Waals surface area contributed by atoms with E-state index >= 15 is 0 Å². The van der Waals surface area contributed by atoms with E-state index in [1.807, 2.05) is 67.6 Å². The molecule has 12 aliphatic carbocycles. The van der Waals surface area contributed by atoms with Crippen molar-refractivity contribution in [3.05, 3.63) is 197 Å². The third-order valence-electron chi connectivity index (χ3n) is 26.3. The molecule has 27 heteroatoms. The number of primary amides is 2. The number of allylic oxidation sites excluding steroid dienone is 9. The predicted octanol–water partition coefficient (Wildman–Crippen LogP) is 14.9. The summed E-state index contributed by atoms with van der Waals surface area (Å²) in [5.74, 6) is 4.31. The summed E-state index contributed by atoms with van der Waals surface area (Å²) < 4.78 is 47.4. The van der Waals surface area contributed by atoms with Crippen molar-refractivity contribution in [2.24, 2.45) is 100 Å². The molecule has 2 aliphatic heterocycles. The number of benzene rings is 3. The second kappa shape index (κ2) is 38.0. The number of amides is 3. The minimum absolute atomic E-state index is 0.0113. The minimum Gasteiger partial charge on any atom is -0.497 e. The van der Waals surface area contributed by atoms with Gasteiger partial charge in [0.25, 0.3) is 0 Å². The van der Waals surface area contributed by atoms with Crippen molar-refractivity contribution < 1.29 is 32.3 Å². The summed E-state index contributed by atoms with van der Waals surface area (Å²) in [4.78, 5) is 69.6. The van der Waals surface area contributed by atoms with Crippen molar-refractivity contribution >= 4 is 87.1 Å². The second-order valence-electron chi connectivity index (χ2n) is 34.2. The van der Waals surface area contributed by atoms with E-state index in [4.69, 9.17) is 45.1 Å². The fourth-order valence-corrected chi connectivity index (χ4v) is 20.1. The van der Waals surface area contributed by atoms with Gasteiger partial charge >= 0.3 is 0 Å². The average Bonchev–Trinajstić information content (AvgIpc) is 1.63. The number of hydrogen-bond donors (Lipinski definition) is 8. The van der Waals surface area contributed by atoms with Crippen LogP contribution in [0.5, 0.6) is 5.75 Å². The van der Waals surface area contributed by atoms with Crippen molar-refractivity contribution in [3.8, 4) is 5.75 Å². The fourth-order valence-electron chi connectivity index (χ4n) is 19.9. The lowest BCUT2D eigenvalue weighted by atomic mass is 9.87. The molecule has 3 amide bonds. The standard InChI is InChI=1S/C24H30FN7O.C21H22ClFN4O2.C12H12ClFN4O.C12H19N3.3C7H10/c1-14-11-17(5-6-19(14)32-9-7-31(2)8-10-32)28-24-27-13-18(25)23(30-24)29-21-16-4-3-15(12-16)20(21)22(26)33;1-11(12-5-7-15(29-2)8-6-12)25-20(28)17-13-3-4-14(9-13)18(17)26-19-16(23)10-24-21(22)27-19;13-12-16-4-7(14)11(18-12)17-9-6-2-1-5(3-6)8(9)10(15)19;1-10-9-11(13)3-4-12(10)15-7-5-14(2)6-8-15;3*1-2-7-4-3-6(1)5-7/h3-6,11,13,15-16,20-21H,7-10,12H2,1-2H3,(H2,26,33)(H2,27,28,29,30);3-8,10-11,13-14,17-18H,9H2,1-2H3,(H,25,28)(H,24,26,27);1-2,4-6,8-9H,3H2,(H2,15,19)(H,16,17,18);3-4,9H,5-8,13H2,1-2H3;3*1-2,6-7H,3-5H2/t15-,16+,20?,21+;11-,13-,14+,17-,18+;5-,6+,8-,9+;;3*6-,7+/m111..../s1. The Hall–Kier alpha value is -9.56. The van der Waals surface area contributed by atoms with Gasteiger partial charge in [-0.1, -0.05) is 85.0 Å². The number of nitrogen functional groups attached to an aromatic ring is 1. The van der Waals surface area contributed by atoms with Gasteiger partial charge in [-0.15, -0.1) is 0 Å². The van der Waals surface area contributed by atoms with Crippen LogP contribution in [0, 0.1) is 120 Å². The summed E-state index contributed by atoms with van der Waals surface area (Å²) in [6.45, 7) is 14.8. The maximum absolute atomic E-state index is 14.5. The van der Waals surface area contributed by atoms with E-state index in [-0.39, 0.29) is 123 Å². The monoisotopic (exact) mass is 1640 g/mol. The largest absolute Gasteiger partial charge is 0.497 e. The first-order valence-corrected chi connectivity index (χ1v) is 42.6. The van der Waals surface area contributed by atoms with Crippen molar-refractivity contribution in [1.29, 1.82) is 0 Å². The maximum atomic E-state index is 14.5. The molecule has 12 bridgehead atoms. The van der Waals surface area contributed by atoms with Crippen LogP contribution in [0.3, 0.4) is 0 Å². The first-order chi connectivity index (χ1) is 56.4. The number of hydrogen-bond acceptors (Lipinski definition) is 19. The number of aromatic nitrogens is 6. The molecule has 622 valence electrons. The highest BCUT2D eigenvalue weighted by atomic mass is 35.5. The van der Waals surface area contributed by atoms with Crippen LogP contribution < -0.4 is 58.3 Å². The second-order valence-corrected chi connectivity index (χ2v) is 34.9. The Morgan fingerprint density at radius 2 is 0.855 bits per heavy atom. The summed E-state index contributed by atoms with van der Waals surface area (Å²) in [5, 5.41) is 15.4. The zero-order valence-electron chi connectivity index (χ0n) is 67.8. The van der Waals surface area contributed by atoms with Crippen LogP contribution in [0.1, 0.15) is 107 Å². The normalized spacial score (nSPS) is 29.5. The topological polar surface area (TPSA) is 289 Å². The molecule has 8 fully saturated rings. The summed E-state index contributed by atoms with van der Waals surface area (Å²) in [6.07, 6.45) is 45.6. The number of carbonyl (C=O) groups excluding carboxylic acids is 3. The van der Waals surface area contributed by atoms with Crippen LogP contribution in [0.2, 0.25) is 10.6 Å². The van der Waals surface area contributed by atoms with Crippen LogP contribution in [0.4, 0.5) is 59.3 Å². The number of piperazine rings is 2. The molecule has 6 saturated carbocycles. The van der Waals surface area contributed by atoms with Gasteiger partial charge in [-0.2, -0.15) is 15.0 Å². The first kappa shape index (κ1) is 83.9. The minimum atomic E-state index is -0.598. The number of nitrogens with zero attached hydrogens (tertiary/aromatic N) is 10. The SMILES string of the molecule is C1=C[C@H]2CC[C@@H]1C2.C1=C[C@H]2CC[C@@H]1C2.C1=C[C@H]2CC[C@@H]1C2.COc1ccc([C@@H](C)NC(=O)[C@H]2[C@@H](Nc3nc(Cl)ncc3F)[C@H]3C=C[C@@H]2C3)cc1.Cc1cc(N)ccc1N1CCN(C)CC1.Cc1cc(Nc2ncc(F)c(N[C@@H]3C(C(N)=O)[C@@H]4C=C[C@H]3C4)n2)ccc1N1CCN(C)CC1.NC(=O)[C@H]1[C@@H](Nc2nc(Cl)ncc2F)[C@H]2C=C[C@@H]1C2. The molecule has 117 heavy (non-hydrogen) atoms. The van der Waals surface area contributed by atoms with Crippen molar-refractivity contribution in [3.63, 3.8) is 0 Å². The zero-order valence-corrected chi connectivity index (χ0v) is 69.3. The lowest BCUT2D eigenvalue weighted by molar-refractivity contribution is -0.126. The summed E-state index contributed by atoms with van der Waals surface area (Å²) in [5.41, 5.74) is 24.5. The van der Waals surface area contributed by atoms with Gasteiger partial charge in [0.1, 0.15) is 5.75 Å². The third kappa shape index (κ3) is 20.8. The maximum Gasteiger partial charge on any atom is 0.229 e. The lowest BCUT2D eigenvalue weighted by Gasteiger charge is -2.35. The van der Waals surface area contributed by atoms with Gasteiger partial charge in [0.2, 0.25) is 34.2 Å². The Labute approximate surface area is 695 Å². The molecule has 0 radical (unpaired) electrons. The number of nitrogens with one attached hydrogen (secondary N) is 5. The average molecular weight is 1640 g/mol. The number of methoxy groups -OCH3 is 1. The number of likely N-dealkylation sites (N-methyl/N-ethyl adjacent to an activating group) is 2. The molecule has 0 spiro atoms. The van der Waals surface area contributed by atoms with Crippen molar-refractivity contribution in [1.82, 2.24) is 45.0 Å². The van der Waals surface area contributed by atoms with Gasteiger partial charge in [0.15, 0.2) is 34.9 Å². The molecular weight excluding hydrogens is 1530 g/mol. The number of halogens is 5. The number of anilines is 8. The number of rotatable bonds is 16. The van der Waals surface area contributed by atoms with Crippen molar-refractivity contribution in [2.45, 2.75) is 122 Å². The molecule has 3 aromatic carbocycles. The van der Waals surface area contributed by atoms with Crippen LogP contribution >= 0.6 is 23.2 Å². The highest BCUT2D eigenvalue weighted by Crippen LogP contribution is 2.49. The molecule has 22 nitrogen and oxygen atoms in total. The highest BCUT2D eigenvalue weighted by molar-refractivity contribution is 6.28. The van der Waals surface area contributed by atoms with Crippen LogP contribution in [0.15, 0.2) is 152 Å². The van der Waals surface area contributed by atoms with Crippen molar-refractivity contribution in [2.75, 3.05) is 110 Å². The van der Waals surface area contributed by atoms with E-state index in [1.165, 1.54) is 74.7 Å². The number of fused-ring (bicyclic) bond motifs is 12. The Morgan fingerprint density at radius 3 is 1.23 bits per heavy atom. The fraction of sp³-hybridized carbons (Fsp3) is 0.500. The lowest BCUT2D eigenvalue weighted by Crippen LogP contribution is -2.44. The predicted molar refractivity (Wildman–Crippen MR) is 458 cm³/mol. The third-order valence-corrected chi connectivity index (χ3v) is 26.6. The Bertz CT molecular complexity index is 4570. The molecule has 6 aromatic rings. The molecule has 1 unspecified atom stereocenters. The number of ether oxygens (including phenoxy) is 1. The number of nitrogens with two attached hydrogens (primary N) is 3. The summed E-state index contributed by atoms with van der Waals surface area (Å²) in [7, 11) is 5.93. The van der Waals surface area contributed by atoms with E-state index in [0.717, 1.165) is 154 Å². The first-order valence-electron chi connectivity index (χ1n) is 41.8. The Kier molecular flexibility index (Phi) is 27.3. The number of carbonyl (C=O) groups is 3. The van der Waals surface area contributed by atoms with Gasteiger partial charge in [0, 0.05) is 93.2 Å². The molecule has 20 rings (SSSR count). The Morgan fingerprint density at radius 1 is 0.479 bits per heavy atom. The van der Waals surface area contributed by atoms with Gasteiger partial charge in [0.05, 0.1) is 49.5 Å². The Balaban J connectivity index is 0.000000121. The molecule has 3 aromatic heterocycles. The highest BCUT2D eigenvalue weighted by Gasteiger charge is 2.51. The quantitative estimate of drug-likeness (QED) is 0.0254. The van der Waals surface area contributed by atoms with Gasteiger partial charge in [-0.25, -0.2) is 28.1 Å². The molecule has 14 aliphatic rings. The van der Waals surface area contributed by atoms with Crippen LogP contribution in [0.25, 0.3) is 0 Å². The van der Waals surface area contributed by atoms with Crippen LogP contribution in [-0.2, 0) is 14.4 Å². The van der Waals surface area contributed by atoms with Gasteiger partial charge in [-0.05, 0) is 271 Å². The van der Waals surface area contributed by atoms with Crippen LogP contribution in [-0.4, -0.2) is 149 Å². The number of aryl methyl sites for hydroxylation is 2. The van der Waals surface area contributed by atoms with E-state index in [2.05, 4.69) is 177 Å². The molecule has 19 atom stereocenters. The van der Waals surface area contributed by atoms with E-state index in [9.17, 15) is 27.6 Å². The zero-order chi connectivity index (χ0) is 82.1. The summed E-state index contributed by atoms with van der Waals surface area (Å²) >= 11 is 11.5.